The maximum absolute atomic E-state index is 10.0. The van der Waals surface area contributed by atoms with Crippen LogP contribution in [0.4, 0.5) is 0 Å². The van der Waals surface area contributed by atoms with Crippen molar-refractivity contribution in [3.05, 3.63) is 108 Å². The van der Waals surface area contributed by atoms with Crippen LogP contribution in [0.3, 0.4) is 0 Å². The van der Waals surface area contributed by atoms with Gasteiger partial charge in [0, 0.05) is 16.1 Å². The number of benzene rings is 3. The number of aliphatic hydroxyl groups excluding tert-OH is 1. The van der Waals surface area contributed by atoms with E-state index in [0.29, 0.717) is 17.3 Å². The van der Waals surface area contributed by atoms with Crippen molar-refractivity contribution in [1.82, 2.24) is 0 Å². The molecule has 0 bridgehead atoms. The van der Waals surface area contributed by atoms with Crippen LogP contribution in [0.15, 0.2) is 91.0 Å². The smallest absolute Gasteiger partial charge is 0.143 e. The van der Waals surface area contributed by atoms with Crippen LogP contribution in [0, 0.1) is 5.41 Å². The van der Waals surface area contributed by atoms with Gasteiger partial charge in [0.1, 0.15) is 5.60 Å². The standard InChI is InChI=1S/C24H24Br2O2/c25-16-23(17-26,18-27)19-28-24(20-10-4-1-5-11-20,21-12-6-2-7-13-21)22-14-8-3-9-15-22/h1-15,27H,16-19H2. The lowest BCUT2D eigenvalue weighted by Crippen LogP contribution is -2.41. The first-order valence-electron chi connectivity index (χ1n) is 9.24. The molecule has 3 aromatic carbocycles. The van der Waals surface area contributed by atoms with Gasteiger partial charge in [-0.3, -0.25) is 0 Å². The molecule has 4 heteroatoms. The number of alkyl halides is 2. The van der Waals surface area contributed by atoms with E-state index >= 15 is 0 Å². The second kappa shape index (κ2) is 9.84. The number of halogens is 2. The Balaban J connectivity index is 2.19. The number of aliphatic hydroxyl groups is 1. The van der Waals surface area contributed by atoms with Crippen LogP contribution in [-0.4, -0.2) is 29.0 Å². The average Bonchev–Trinajstić information content (AvgIpc) is 2.79. The zero-order chi connectivity index (χ0) is 19.9. The summed E-state index contributed by atoms with van der Waals surface area (Å²) in [4.78, 5) is 0. The van der Waals surface area contributed by atoms with Gasteiger partial charge >= 0.3 is 0 Å². The minimum Gasteiger partial charge on any atom is -0.396 e. The highest BCUT2D eigenvalue weighted by Crippen LogP contribution is 2.42. The molecule has 0 aliphatic rings. The van der Waals surface area contributed by atoms with Gasteiger partial charge in [0.15, 0.2) is 0 Å². The summed E-state index contributed by atoms with van der Waals surface area (Å²) in [5, 5.41) is 11.3. The van der Waals surface area contributed by atoms with Gasteiger partial charge in [-0.15, -0.1) is 0 Å². The van der Waals surface area contributed by atoms with E-state index in [0.717, 1.165) is 16.7 Å². The summed E-state index contributed by atoms with van der Waals surface area (Å²) in [5.74, 6) is 0. The van der Waals surface area contributed by atoms with Crippen molar-refractivity contribution in [3.8, 4) is 0 Å². The van der Waals surface area contributed by atoms with Crippen LogP contribution in [0.25, 0.3) is 0 Å². The first kappa shape index (κ1) is 21.3. The van der Waals surface area contributed by atoms with Crippen LogP contribution in [0.1, 0.15) is 16.7 Å². The van der Waals surface area contributed by atoms with Crippen molar-refractivity contribution >= 4 is 31.9 Å². The molecule has 0 heterocycles. The first-order chi connectivity index (χ1) is 13.7. The van der Waals surface area contributed by atoms with E-state index in [1.54, 1.807) is 0 Å². The molecule has 2 nitrogen and oxygen atoms in total. The fourth-order valence-corrected chi connectivity index (χ4v) is 4.88. The fourth-order valence-electron chi connectivity index (χ4n) is 3.27. The van der Waals surface area contributed by atoms with Crippen LogP contribution in [0.5, 0.6) is 0 Å². The molecule has 1 N–H and O–H groups in total. The van der Waals surface area contributed by atoms with Gasteiger partial charge in [-0.2, -0.15) is 0 Å². The Bertz CT molecular complexity index is 729. The molecule has 146 valence electrons. The van der Waals surface area contributed by atoms with Crippen molar-refractivity contribution in [2.75, 3.05) is 23.9 Å². The maximum atomic E-state index is 10.0. The van der Waals surface area contributed by atoms with Gasteiger partial charge in [-0.05, 0) is 16.7 Å². The van der Waals surface area contributed by atoms with E-state index in [1.807, 2.05) is 54.6 Å². The summed E-state index contributed by atoms with van der Waals surface area (Å²) < 4.78 is 6.81. The molecule has 0 radical (unpaired) electrons. The quantitative estimate of drug-likeness (QED) is 0.297. The topological polar surface area (TPSA) is 29.5 Å². The minimum atomic E-state index is -0.769. The average molecular weight is 504 g/mol. The van der Waals surface area contributed by atoms with Crippen LogP contribution < -0.4 is 0 Å². The lowest BCUT2D eigenvalue weighted by atomic mass is 9.79. The molecule has 0 saturated carbocycles. The Hall–Kier alpha value is -1.46. The molecule has 3 aromatic rings. The first-order valence-corrected chi connectivity index (χ1v) is 11.5. The van der Waals surface area contributed by atoms with Gasteiger partial charge in [0.05, 0.1) is 13.2 Å². The molecule has 0 aliphatic carbocycles. The molecule has 0 amide bonds. The lowest BCUT2D eigenvalue weighted by Gasteiger charge is -2.39. The summed E-state index contributed by atoms with van der Waals surface area (Å²) in [5.41, 5.74) is 1.99. The minimum absolute atomic E-state index is 0.0257. The molecule has 0 saturated heterocycles. The van der Waals surface area contributed by atoms with Gasteiger partial charge in [0.25, 0.3) is 0 Å². The Morgan fingerprint density at radius 3 is 1.29 bits per heavy atom. The van der Waals surface area contributed by atoms with Crippen LogP contribution in [-0.2, 0) is 10.3 Å². The SMILES string of the molecule is OCC(CBr)(CBr)COC(c1ccccc1)(c1ccccc1)c1ccccc1. The predicted octanol–water partition coefficient (Wildman–Crippen LogP) is 5.76. The zero-order valence-electron chi connectivity index (χ0n) is 15.6. The van der Waals surface area contributed by atoms with E-state index in [-0.39, 0.29) is 6.61 Å². The summed E-state index contributed by atoms with van der Waals surface area (Å²) in [6.07, 6.45) is 0. The van der Waals surface area contributed by atoms with Crippen molar-refractivity contribution < 1.29 is 9.84 Å². The van der Waals surface area contributed by atoms with Crippen molar-refractivity contribution in [3.63, 3.8) is 0 Å². The molecule has 0 unspecified atom stereocenters. The van der Waals surface area contributed by atoms with Crippen molar-refractivity contribution in [2.45, 2.75) is 5.60 Å². The molecule has 3 rings (SSSR count). The van der Waals surface area contributed by atoms with Crippen molar-refractivity contribution in [2.24, 2.45) is 5.41 Å². The summed E-state index contributed by atoms with van der Waals surface area (Å²) in [7, 11) is 0. The number of rotatable bonds is 9. The molecule has 0 atom stereocenters. The van der Waals surface area contributed by atoms with Gasteiger partial charge in [-0.1, -0.05) is 123 Å². The Kier molecular flexibility index (Phi) is 7.47. The Labute approximate surface area is 183 Å². The molecule has 0 aliphatic heterocycles. The third-order valence-corrected chi connectivity index (χ3v) is 7.42. The second-order valence-electron chi connectivity index (χ2n) is 6.99. The molecule has 0 aromatic heterocycles. The molecule has 0 spiro atoms. The van der Waals surface area contributed by atoms with Gasteiger partial charge in [0.2, 0.25) is 0 Å². The second-order valence-corrected chi connectivity index (χ2v) is 8.11. The molecular weight excluding hydrogens is 480 g/mol. The number of hydrogen-bond acceptors (Lipinski definition) is 2. The van der Waals surface area contributed by atoms with Crippen LogP contribution in [0.2, 0.25) is 0 Å². The maximum Gasteiger partial charge on any atom is 0.143 e. The monoisotopic (exact) mass is 502 g/mol. The lowest BCUT2D eigenvalue weighted by molar-refractivity contribution is -0.0415. The zero-order valence-corrected chi connectivity index (χ0v) is 18.8. The normalized spacial score (nSPS) is 12.1. The van der Waals surface area contributed by atoms with E-state index < -0.39 is 11.0 Å². The summed E-state index contributed by atoms with van der Waals surface area (Å²) in [6.45, 7) is 0.413. The van der Waals surface area contributed by atoms with Crippen molar-refractivity contribution in [1.29, 1.82) is 0 Å². The van der Waals surface area contributed by atoms with E-state index in [1.165, 1.54) is 0 Å². The van der Waals surface area contributed by atoms with Crippen LogP contribution >= 0.6 is 31.9 Å². The fraction of sp³-hybridized carbons (Fsp3) is 0.250. The van der Waals surface area contributed by atoms with Gasteiger partial charge < -0.3 is 9.84 Å². The highest BCUT2D eigenvalue weighted by Gasteiger charge is 2.40. The Morgan fingerprint density at radius 2 is 1.00 bits per heavy atom. The summed E-state index contributed by atoms with van der Waals surface area (Å²) in [6, 6.07) is 30.9. The summed E-state index contributed by atoms with van der Waals surface area (Å²) >= 11 is 7.12. The highest BCUT2D eigenvalue weighted by atomic mass is 79.9. The molecule has 0 fully saturated rings. The number of ether oxygens (including phenoxy) is 1. The number of hydrogen-bond donors (Lipinski definition) is 1. The molecule has 28 heavy (non-hydrogen) atoms. The largest absolute Gasteiger partial charge is 0.396 e. The van der Waals surface area contributed by atoms with E-state index in [4.69, 9.17) is 4.74 Å². The van der Waals surface area contributed by atoms with E-state index in [9.17, 15) is 5.11 Å². The third kappa shape index (κ3) is 4.25. The van der Waals surface area contributed by atoms with Gasteiger partial charge in [-0.25, -0.2) is 0 Å². The Morgan fingerprint density at radius 1 is 0.643 bits per heavy atom. The molecular formula is C24H24Br2O2. The highest BCUT2D eigenvalue weighted by molar-refractivity contribution is 9.09. The predicted molar refractivity (Wildman–Crippen MR) is 122 cm³/mol. The third-order valence-electron chi connectivity index (χ3n) is 5.04. The van der Waals surface area contributed by atoms with E-state index in [2.05, 4.69) is 68.3 Å².